The predicted octanol–water partition coefficient (Wildman–Crippen LogP) is 4.52. The SMILES string of the molecule is O=C1CC(c2ccccc2)N(C(=O)/C=C/c2ccc(-c3ccccc3)s2)CCN1. The molecule has 29 heavy (non-hydrogen) atoms. The molecule has 4 rings (SSSR count). The van der Waals surface area contributed by atoms with Gasteiger partial charge >= 0.3 is 0 Å². The number of carbonyl (C=O) groups is 2. The molecule has 0 aliphatic carbocycles. The molecule has 146 valence electrons. The lowest BCUT2D eigenvalue weighted by Crippen LogP contribution is -2.35. The van der Waals surface area contributed by atoms with E-state index in [9.17, 15) is 9.59 Å². The third kappa shape index (κ3) is 4.63. The molecule has 1 aliphatic heterocycles. The molecule has 3 aromatic rings. The number of nitrogens with one attached hydrogen (secondary N) is 1. The van der Waals surface area contributed by atoms with Crippen molar-refractivity contribution in [2.45, 2.75) is 12.5 Å². The number of thiophene rings is 1. The molecule has 1 unspecified atom stereocenters. The Balaban J connectivity index is 1.53. The average molecular weight is 403 g/mol. The van der Waals surface area contributed by atoms with Gasteiger partial charge in [-0.2, -0.15) is 0 Å². The smallest absolute Gasteiger partial charge is 0.247 e. The molecule has 0 saturated carbocycles. The van der Waals surface area contributed by atoms with Gasteiger partial charge in [0.15, 0.2) is 0 Å². The van der Waals surface area contributed by atoms with Crippen LogP contribution in [0, 0.1) is 0 Å². The van der Waals surface area contributed by atoms with Crippen molar-refractivity contribution in [2.75, 3.05) is 13.1 Å². The first-order chi connectivity index (χ1) is 14.2. The van der Waals surface area contributed by atoms with Crippen molar-refractivity contribution in [1.82, 2.24) is 10.2 Å². The number of amides is 2. The fourth-order valence-corrected chi connectivity index (χ4v) is 4.43. The normalized spacial score (nSPS) is 17.2. The molecule has 0 radical (unpaired) electrons. The van der Waals surface area contributed by atoms with Gasteiger partial charge in [0.05, 0.1) is 12.5 Å². The van der Waals surface area contributed by atoms with Crippen LogP contribution in [0.1, 0.15) is 22.9 Å². The summed E-state index contributed by atoms with van der Waals surface area (Å²) in [4.78, 5) is 29.1. The topological polar surface area (TPSA) is 49.4 Å². The summed E-state index contributed by atoms with van der Waals surface area (Å²) in [6.07, 6.45) is 3.76. The van der Waals surface area contributed by atoms with Crippen LogP contribution < -0.4 is 5.32 Å². The molecule has 0 bridgehead atoms. The molecule has 5 heteroatoms. The van der Waals surface area contributed by atoms with Crippen LogP contribution in [0.15, 0.2) is 78.9 Å². The molecule has 2 heterocycles. The van der Waals surface area contributed by atoms with Crippen LogP contribution in [0.2, 0.25) is 0 Å². The zero-order valence-electron chi connectivity index (χ0n) is 16.0. The lowest BCUT2D eigenvalue weighted by atomic mass is 10.0. The van der Waals surface area contributed by atoms with Gasteiger partial charge in [0.25, 0.3) is 0 Å². The van der Waals surface area contributed by atoms with Gasteiger partial charge in [0.2, 0.25) is 11.8 Å². The third-order valence-corrected chi connectivity index (χ3v) is 6.07. The van der Waals surface area contributed by atoms with E-state index in [1.807, 2.05) is 60.7 Å². The average Bonchev–Trinajstić information content (AvgIpc) is 3.15. The Morgan fingerprint density at radius 3 is 2.48 bits per heavy atom. The van der Waals surface area contributed by atoms with Crippen LogP contribution >= 0.6 is 11.3 Å². The zero-order chi connectivity index (χ0) is 20.1. The first-order valence-corrected chi connectivity index (χ1v) is 10.5. The van der Waals surface area contributed by atoms with Gasteiger partial charge in [0.1, 0.15) is 0 Å². The molecule has 2 aromatic carbocycles. The molecule has 4 nitrogen and oxygen atoms in total. The molecular weight excluding hydrogens is 380 g/mol. The van der Waals surface area contributed by atoms with E-state index in [0.717, 1.165) is 10.4 Å². The maximum atomic E-state index is 13.0. The molecule has 1 atom stereocenters. The zero-order valence-corrected chi connectivity index (χ0v) is 16.8. The van der Waals surface area contributed by atoms with Crippen LogP contribution in [0.25, 0.3) is 16.5 Å². The van der Waals surface area contributed by atoms with E-state index >= 15 is 0 Å². The number of benzene rings is 2. The fraction of sp³-hybridized carbons (Fsp3) is 0.167. The van der Waals surface area contributed by atoms with Crippen molar-refractivity contribution in [1.29, 1.82) is 0 Å². The summed E-state index contributed by atoms with van der Waals surface area (Å²) in [5.74, 6) is -0.103. The summed E-state index contributed by atoms with van der Waals surface area (Å²) in [6, 6.07) is 23.8. The first kappa shape index (κ1) is 19.2. The van der Waals surface area contributed by atoms with Crippen molar-refractivity contribution in [3.05, 3.63) is 89.3 Å². The standard InChI is InChI=1S/C24H22N2O2S/c27-23-17-21(18-7-3-1-4-8-18)26(16-15-25-23)24(28)14-12-20-11-13-22(29-20)19-9-5-2-6-10-19/h1-14,21H,15-17H2,(H,25,27)/b14-12+. The first-order valence-electron chi connectivity index (χ1n) is 9.66. The second-order valence-corrected chi connectivity index (χ2v) is 8.03. The van der Waals surface area contributed by atoms with Gasteiger partial charge < -0.3 is 10.2 Å². The Hall–Kier alpha value is -3.18. The van der Waals surface area contributed by atoms with Gasteiger partial charge in [-0.25, -0.2) is 0 Å². The molecule has 1 fully saturated rings. The quantitative estimate of drug-likeness (QED) is 0.653. The summed E-state index contributed by atoms with van der Waals surface area (Å²) in [7, 11) is 0. The van der Waals surface area contributed by atoms with Gasteiger partial charge in [-0.05, 0) is 29.3 Å². The van der Waals surface area contributed by atoms with Crippen molar-refractivity contribution in [3.8, 4) is 10.4 Å². The lowest BCUT2D eigenvalue weighted by molar-refractivity contribution is -0.128. The highest BCUT2D eigenvalue weighted by Crippen LogP contribution is 2.29. The Labute approximate surface area is 174 Å². The second-order valence-electron chi connectivity index (χ2n) is 6.91. The number of carbonyl (C=O) groups excluding carboxylic acids is 2. The lowest BCUT2D eigenvalue weighted by Gasteiger charge is -2.28. The van der Waals surface area contributed by atoms with Gasteiger partial charge in [-0.15, -0.1) is 11.3 Å². The minimum absolute atomic E-state index is 0.0242. The Bertz CT molecular complexity index is 1010. The minimum atomic E-state index is -0.251. The van der Waals surface area contributed by atoms with Crippen LogP contribution in [0.3, 0.4) is 0 Å². The van der Waals surface area contributed by atoms with E-state index in [1.54, 1.807) is 22.3 Å². The van der Waals surface area contributed by atoms with Crippen molar-refractivity contribution in [3.63, 3.8) is 0 Å². The summed E-state index contributed by atoms with van der Waals surface area (Å²) < 4.78 is 0. The molecule has 2 amide bonds. The summed E-state index contributed by atoms with van der Waals surface area (Å²) in [6.45, 7) is 0.965. The Morgan fingerprint density at radius 2 is 1.72 bits per heavy atom. The van der Waals surface area contributed by atoms with Gasteiger partial charge in [0, 0.05) is 28.9 Å². The molecule has 0 spiro atoms. The summed E-state index contributed by atoms with van der Waals surface area (Å²) in [5.41, 5.74) is 2.15. The molecule has 1 aromatic heterocycles. The Morgan fingerprint density at radius 1 is 1.00 bits per heavy atom. The van der Waals surface area contributed by atoms with E-state index < -0.39 is 0 Å². The minimum Gasteiger partial charge on any atom is -0.354 e. The number of hydrogen-bond acceptors (Lipinski definition) is 3. The Kier molecular flexibility index (Phi) is 5.86. The van der Waals surface area contributed by atoms with E-state index in [0.29, 0.717) is 13.1 Å². The van der Waals surface area contributed by atoms with Gasteiger partial charge in [-0.3, -0.25) is 9.59 Å². The fourth-order valence-electron chi connectivity index (χ4n) is 3.52. The van der Waals surface area contributed by atoms with Crippen molar-refractivity contribution < 1.29 is 9.59 Å². The van der Waals surface area contributed by atoms with Gasteiger partial charge in [-0.1, -0.05) is 60.7 Å². The third-order valence-electron chi connectivity index (χ3n) is 4.97. The van der Waals surface area contributed by atoms with Crippen LogP contribution in [-0.2, 0) is 9.59 Å². The molecular formula is C24H22N2O2S. The maximum absolute atomic E-state index is 13.0. The number of rotatable bonds is 4. The summed E-state index contributed by atoms with van der Waals surface area (Å²) in [5, 5.41) is 2.87. The van der Waals surface area contributed by atoms with E-state index in [-0.39, 0.29) is 24.3 Å². The van der Waals surface area contributed by atoms with Crippen molar-refractivity contribution >= 4 is 29.2 Å². The molecule has 1 N–H and O–H groups in total. The van der Waals surface area contributed by atoms with E-state index in [2.05, 4.69) is 23.5 Å². The highest BCUT2D eigenvalue weighted by atomic mass is 32.1. The van der Waals surface area contributed by atoms with Crippen LogP contribution in [0.5, 0.6) is 0 Å². The number of nitrogens with zero attached hydrogens (tertiary/aromatic N) is 1. The highest BCUT2D eigenvalue weighted by Gasteiger charge is 2.28. The van der Waals surface area contributed by atoms with Crippen LogP contribution in [-0.4, -0.2) is 29.8 Å². The van der Waals surface area contributed by atoms with Crippen LogP contribution in [0.4, 0.5) is 0 Å². The highest BCUT2D eigenvalue weighted by molar-refractivity contribution is 7.16. The van der Waals surface area contributed by atoms with E-state index in [1.165, 1.54) is 10.4 Å². The van der Waals surface area contributed by atoms with E-state index in [4.69, 9.17) is 0 Å². The summed E-state index contributed by atoms with van der Waals surface area (Å²) >= 11 is 1.65. The molecule has 1 saturated heterocycles. The predicted molar refractivity (Wildman–Crippen MR) is 117 cm³/mol. The largest absolute Gasteiger partial charge is 0.354 e. The number of hydrogen-bond donors (Lipinski definition) is 1. The maximum Gasteiger partial charge on any atom is 0.247 e. The van der Waals surface area contributed by atoms with Crippen molar-refractivity contribution in [2.24, 2.45) is 0 Å². The second kappa shape index (κ2) is 8.88. The monoisotopic (exact) mass is 402 g/mol. The molecule has 1 aliphatic rings.